The number of nitrogens with one attached hydrogen (secondary N) is 1. The fraction of sp³-hybridized carbons (Fsp3) is 0.385. The highest BCUT2D eigenvalue weighted by molar-refractivity contribution is 7.92. The van der Waals surface area contributed by atoms with E-state index in [1.165, 1.54) is 13.0 Å². The van der Waals surface area contributed by atoms with Gasteiger partial charge in [-0.2, -0.15) is 4.98 Å². The van der Waals surface area contributed by atoms with E-state index in [4.69, 9.17) is 10.2 Å². The third kappa shape index (κ3) is 2.99. The van der Waals surface area contributed by atoms with Crippen LogP contribution in [-0.2, 0) is 14.6 Å². The van der Waals surface area contributed by atoms with Crippen molar-refractivity contribution in [1.82, 2.24) is 10.3 Å². The van der Waals surface area contributed by atoms with Gasteiger partial charge < -0.3 is 15.5 Å². The minimum absolute atomic E-state index is 0.309. The average Bonchev–Trinajstić information content (AvgIpc) is 2.87. The van der Waals surface area contributed by atoms with E-state index < -0.39 is 26.2 Å². The van der Waals surface area contributed by atoms with Crippen LogP contribution in [0.1, 0.15) is 20.3 Å². The first-order chi connectivity index (χ1) is 9.86. The summed E-state index contributed by atoms with van der Waals surface area (Å²) in [6.45, 7) is 3.61. The number of sulfone groups is 1. The average molecular weight is 311 g/mol. The van der Waals surface area contributed by atoms with Crippen molar-refractivity contribution in [3.8, 4) is 0 Å². The molecule has 21 heavy (non-hydrogen) atoms. The molecule has 2 rings (SSSR count). The number of aromatic nitrogens is 1. The summed E-state index contributed by atoms with van der Waals surface area (Å²) in [6, 6.07) is 4.64. The summed E-state index contributed by atoms with van der Waals surface area (Å²) in [7, 11) is -3.97. The molecule has 1 unspecified atom stereocenters. The van der Waals surface area contributed by atoms with Crippen LogP contribution < -0.4 is 11.1 Å². The van der Waals surface area contributed by atoms with Gasteiger partial charge in [0.05, 0.1) is 0 Å². The lowest BCUT2D eigenvalue weighted by Crippen LogP contribution is -2.38. The zero-order valence-corrected chi connectivity index (χ0v) is 12.6. The molecule has 3 N–H and O–H groups in total. The molecule has 8 heteroatoms. The fourth-order valence-electron chi connectivity index (χ4n) is 1.73. The van der Waals surface area contributed by atoms with Gasteiger partial charge in [-0.3, -0.25) is 4.79 Å². The number of oxazole rings is 1. The summed E-state index contributed by atoms with van der Waals surface area (Å²) in [4.78, 5) is 15.7. The Balaban J connectivity index is 2.34. The van der Waals surface area contributed by atoms with Gasteiger partial charge in [0, 0.05) is 12.2 Å². The van der Waals surface area contributed by atoms with Crippen LogP contribution in [-0.4, -0.2) is 31.1 Å². The van der Waals surface area contributed by atoms with Crippen LogP contribution in [0.25, 0.3) is 11.1 Å². The van der Waals surface area contributed by atoms with E-state index in [2.05, 4.69) is 10.3 Å². The molecule has 2 aromatic rings. The van der Waals surface area contributed by atoms with Crippen LogP contribution in [0.2, 0.25) is 0 Å². The third-order valence-corrected chi connectivity index (χ3v) is 4.83. The molecule has 114 valence electrons. The van der Waals surface area contributed by atoms with Gasteiger partial charge in [0.1, 0.15) is 10.8 Å². The van der Waals surface area contributed by atoms with Gasteiger partial charge in [-0.25, -0.2) is 8.42 Å². The molecule has 1 aromatic carbocycles. The molecule has 0 aliphatic rings. The minimum Gasteiger partial charge on any atom is -0.428 e. The highest BCUT2D eigenvalue weighted by atomic mass is 32.2. The van der Waals surface area contributed by atoms with Crippen LogP contribution in [0.4, 0.5) is 5.69 Å². The highest BCUT2D eigenvalue weighted by Gasteiger charge is 2.34. The molecule has 0 bridgehead atoms. The van der Waals surface area contributed by atoms with E-state index in [1.807, 2.05) is 6.92 Å². The molecule has 1 amide bonds. The smallest absolute Gasteiger partial charge is 0.316 e. The summed E-state index contributed by atoms with van der Waals surface area (Å²) in [5, 5.41) is 0.804. The van der Waals surface area contributed by atoms with Crippen molar-refractivity contribution < 1.29 is 17.6 Å². The Hall–Kier alpha value is -2.09. The van der Waals surface area contributed by atoms with Crippen LogP contribution in [0.5, 0.6) is 0 Å². The molecule has 0 aliphatic heterocycles. The third-order valence-electron chi connectivity index (χ3n) is 3.02. The molecule has 1 heterocycles. The van der Waals surface area contributed by atoms with Gasteiger partial charge in [0.2, 0.25) is 15.7 Å². The molecule has 0 saturated heterocycles. The first kappa shape index (κ1) is 15.3. The topological polar surface area (TPSA) is 115 Å². The van der Waals surface area contributed by atoms with Crippen molar-refractivity contribution in [3.05, 3.63) is 18.2 Å². The Morgan fingerprint density at radius 3 is 2.86 bits per heavy atom. The van der Waals surface area contributed by atoms with Gasteiger partial charge in [-0.1, -0.05) is 6.92 Å². The van der Waals surface area contributed by atoms with Crippen LogP contribution >= 0.6 is 0 Å². The van der Waals surface area contributed by atoms with Crippen molar-refractivity contribution in [2.24, 2.45) is 0 Å². The molecular weight excluding hydrogens is 294 g/mol. The van der Waals surface area contributed by atoms with Gasteiger partial charge in [0.15, 0.2) is 5.58 Å². The molecule has 0 spiro atoms. The standard InChI is InChI=1S/C13H17N3O4S/c1-3-6-15-12(17)8(2)21(18,19)13-16-10-7-9(14)4-5-11(10)20-13/h4-5,7-8H,3,6,14H2,1-2H3,(H,15,17). The molecule has 0 saturated carbocycles. The summed E-state index contributed by atoms with van der Waals surface area (Å²) in [5.41, 5.74) is 6.71. The quantitative estimate of drug-likeness (QED) is 0.799. The fourth-order valence-corrected chi connectivity index (χ4v) is 2.83. The van der Waals surface area contributed by atoms with Gasteiger partial charge in [-0.15, -0.1) is 0 Å². The summed E-state index contributed by atoms with van der Waals surface area (Å²) in [6.07, 6.45) is 0.723. The van der Waals surface area contributed by atoms with Crippen LogP contribution in [0.15, 0.2) is 27.8 Å². The maximum atomic E-state index is 12.3. The number of carbonyl (C=O) groups is 1. The lowest BCUT2D eigenvalue weighted by molar-refractivity contribution is -0.120. The second kappa shape index (κ2) is 5.72. The van der Waals surface area contributed by atoms with Crippen molar-refractivity contribution in [3.63, 3.8) is 0 Å². The Morgan fingerprint density at radius 1 is 1.48 bits per heavy atom. The zero-order chi connectivity index (χ0) is 15.6. The number of fused-ring (bicyclic) bond motifs is 1. The first-order valence-corrected chi connectivity index (χ1v) is 8.08. The van der Waals surface area contributed by atoms with Crippen molar-refractivity contribution in [1.29, 1.82) is 0 Å². The Morgan fingerprint density at radius 2 is 2.19 bits per heavy atom. The molecule has 1 aromatic heterocycles. The number of hydrogen-bond donors (Lipinski definition) is 2. The van der Waals surface area contributed by atoms with Crippen molar-refractivity contribution in [2.45, 2.75) is 30.7 Å². The van der Waals surface area contributed by atoms with Gasteiger partial charge in [0.25, 0.3) is 0 Å². The monoisotopic (exact) mass is 311 g/mol. The largest absolute Gasteiger partial charge is 0.428 e. The number of carbonyl (C=O) groups excluding carboxylic acids is 1. The van der Waals surface area contributed by atoms with E-state index in [1.54, 1.807) is 12.1 Å². The number of anilines is 1. The van der Waals surface area contributed by atoms with E-state index in [-0.39, 0.29) is 0 Å². The normalized spacial score (nSPS) is 13.2. The van der Waals surface area contributed by atoms with E-state index in [0.717, 1.165) is 6.42 Å². The summed E-state index contributed by atoms with van der Waals surface area (Å²) < 4.78 is 29.9. The Bertz CT molecular complexity index is 767. The second-order valence-electron chi connectivity index (χ2n) is 4.69. The summed E-state index contributed by atoms with van der Waals surface area (Å²) in [5.74, 6) is -0.571. The van der Waals surface area contributed by atoms with Crippen LogP contribution in [0, 0.1) is 0 Å². The predicted molar refractivity (Wildman–Crippen MR) is 78.4 cm³/mol. The summed E-state index contributed by atoms with van der Waals surface area (Å²) >= 11 is 0. The molecule has 0 aliphatic carbocycles. The number of nitrogens with zero attached hydrogens (tertiary/aromatic N) is 1. The highest BCUT2D eigenvalue weighted by Crippen LogP contribution is 2.23. The van der Waals surface area contributed by atoms with Crippen molar-refractivity contribution in [2.75, 3.05) is 12.3 Å². The van der Waals surface area contributed by atoms with E-state index in [0.29, 0.717) is 23.3 Å². The number of rotatable bonds is 5. The number of benzene rings is 1. The van der Waals surface area contributed by atoms with Crippen LogP contribution in [0.3, 0.4) is 0 Å². The Labute approximate surface area is 122 Å². The number of nitrogen functional groups attached to an aromatic ring is 1. The lowest BCUT2D eigenvalue weighted by atomic mass is 10.3. The molecule has 0 radical (unpaired) electrons. The maximum Gasteiger partial charge on any atom is 0.316 e. The second-order valence-corrected chi connectivity index (χ2v) is 6.83. The number of hydrogen-bond acceptors (Lipinski definition) is 6. The number of nitrogens with two attached hydrogens (primary N) is 1. The minimum atomic E-state index is -3.97. The lowest BCUT2D eigenvalue weighted by Gasteiger charge is -2.10. The molecule has 0 fully saturated rings. The SMILES string of the molecule is CCCNC(=O)C(C)S(=O)(=O)c1nc2cc(N)ccc2o1. The Kier molecular flexibility index (Phi) is 4.17. The number of amides is 1. The van der Waals surface area contributed by atoms with E-state index in [9.17, 15) is 13.2 Å². The predicted octanol–water partition coefficient (Wildman–Crippen LogP) is 1.10. The molecule has 1 atom stereocenters. The van der Waals surface area contributed by atoms with Gasteiger partial charge >= 0.3 is 5.22 Å². The van der Waals surface area contributed by atoms with Crippen molar-refractivity contribution >= 4 is 32.5 Å². The molecule has 7 nitrogen and oxygen atoms in total. The van der Waals surface area contributed by atoms with E-state index >= 15 is 0 Å². The first-order valence-electron chi connectivity index (χ1n) is 6.54. The molecular formula is C13H17N3O4S. The van der Waals surface area contributed by atoms with Gasteiger partial charge in [-0.05, 0) is 31.5 Å². The maximum absolute atomic E-state index is 12.3. The zero-order valence-electron chi connectivity index (χ0n) is 11.8.